The van der Waals surface area contributed by atoms with Gasteiger partial charge in [-0.3, -0.25) is 9.78 Å². The molecule has 1 aliphatic heterocycles. The minimum atomic E-state index is -0.0356. The number of likely N-dealkylation sites (tertiary alicyclic amines) is 1. The molecule has 0 N–H and O–H groups in total. The van der Waals surface area contributed by atoms with E-state index in [9.17, 15) is 4.79 Å². The lowest BCUT2D eigenvalue weighted by atomic mass is 10.1. The highest BCUT2D eigenvalue weighted by molar-refractivity contribution is 5.92. The summed E-state index contributed by atoms with van der Waals surface area (Å²) in [6.07, 6.45) is 5.36. The SMILES string of the molecule is Cc1cc(C)n(-c2cccc(-c3cncc(C(=O)N4CCCC4)n3)c2)n1. The average molecular weight is 347 g/mol. The maximum Gasteiger partial charge on any atom is 0.274 e. The molecule has 0 spiro atoms. The van der Waals surface area contributed by atoms with Crippen molar-refractivity contribution in [2.75, 3.05) is 13.1 Å². The molecule has 1 aromatic carbocycles. The molecule has 0 atom stereocenters. The molecule has 0 saturated carbocycles. The van der Waals surface area contributed by atoms with Crippen LogP contribution in [0.5, 0.6) is 0 Å². The first kappa shape index (κ1) is 16.4. The summed E-state index contributed by atoms with van der Waals surface area (Å²) in [6, 6.07) is 10.0. The minimum Gasteiger partial charge on any atom is -0.337 e. The van der Waals surface area contributed by atoms with Crippen molar-refractivity contribution in [1.82, 2.24) is 24.6 Å². The minimum absolute atomic E-state index is 0.0356. The molecule has 132 valence electrons. The van der Waals surface area contributed by atoms with Gasteiger partial charge in [-0.2, -0.15) is 5.10 Å². The van der Waals surface area contributed by atoms with Crippen LogP contribution in [0.4, 0.5) is 0 Å². The molecule has 3 heterocycles. The smallest absolute Gasteiger partial charge is 0.274 e. The quantitative estimate of drug-likeness (QED) is 0.730. The summed E-state index contributed by atoms with van der Waals surface area (Å²) in [5.41, 5.74) is 5.03. The van der Waals surface area contributed by atoms with E-state index in [-0.39, 0.29) is 5.91 Å². The Morgan fingerprint density at radius 3 is 2.62 bits per heavy atom. The van der Waals surface area contributed by atoms with Crippen LogP contribution in [0.1, 0.15) is 34.7 Å². The molecule has 4 rings (SSSR count). The van der Waals surface area contributed by atoms with Gasteiger partial charge in [-0.1, -0.05) is 12.1 Å². The van der Waals surface area contributed by atoms with Crippen molar-refractivity contribution in [3.63, 3.8) is 0 Å². The molecule has 1 amide bonds. The zero-order valence-corrected chi connectivity index (χ0v) is 15.0. The fourth-order valence-electron chi connectivity index (χ4n) is 3.38. The Kier molecular flexibility index (Phi) is 4.24. The van der Waals surface area contributed by atoms with Crippen molar-refractivity contribution in [3.05, 3.63) is 59.8 Å². The predicted octanol–water partition coefficient (Wildman–Crippen LogP) is 3.18. The Balaban J connectivity index is 1.68. The highest BCUT2D eigenvalue weighted by atomic mass is 16.2. The van der Waals surface area contributed by atoms with E-state index in [1.807, 2.05) is 53.8 Å². The van der Waals surface area contributed by atoms with Crippen molar-refractivity contribution >= 4 is 5.91 Å². The van der Waals surface area contributed by atoms with Crippen LogP contribution in [-0.2, 0) is 0 Å². The summed E-state index contributed by atoms with van der Waals surface area (Å²) in [4.78, 5) is 23.2. The highest BCUT2D eigenvalue weighted by Gasteiger charge is 2.21. The topological polar surface area (TPSA) is 63.9 Å². The van der Waals surface area contributed by atoms with Gasteiger partial charge >= 0.3 is 0 Å². The molecule has 0 radical (unpaired) electrons. The second-order valence-electron chi connectivity index (χ2n) is 6.68. The van der Waals surface area contributed by atoms with E-state index < -0.39 is 0 Å². The Morgan fingerprint density at radius 2 is 1.88 bits per heavy atom. The molecule has 6 nitrogen and oxygen atoms in total. The van der Waals surface area contributed by atoms with Crippen LogP contribution < -0.4 is 0 Å². The van der Waals surface area contributed by atoms with Crippen LogP contribution in [0.25, 0.3) is 16.9 Å². The monoisotopic (exact) mass is 347 g/mol. The maximum atomic E-state index is 12.6. The molecule has 0 bridgehead atoms. The zero-order valence-electron chi connectivity index (χ0n) is 15.0. The van der Waals surface area contributed by atoms with Gasteiger partial charge in [-0.05, 0) is 44.9 Å². The largest absolute Gasteiger partial charge is 0.337 e. The summed E-state index contributed by atoms with van der Waals surface area (Å²) in [5, 5.41) is 4.53. The number of hydrogen-bond donors (Lipinski definition) is 0. The lowest BCUT2D eigenvalue weighted by molar-refractivity contribution is 0.0786. The van der Waals surface area contributed by atoms with E-state index in [0.29, 0.717) is 11.4 Å². The normalized spacial score (nSPS) is 14.0. The maximum absolute atomic E-state index is 12.6. The number of aryl methyl sites for hydroxylation is 2. The van der Waals surface area contributed by atoms with E-state index in [0.717, 1.165) is 48.6 Å². The number of carbonyl (C=O) groups is 1. The number of carbonyl (C=O) groups excluding carboxylic acids is 1. The number of aromatic nitrogens is 4. The predicted molar refractivity (Wildman–Crippen MR) is 99.2 cm³/mol. The molecular formula is C20H21N5O. The van der Waals surface area contributed by atoms with Gasteiger partial charge in [0, 0.05) is 24.3 Å². The lowest BCUT2D eigenvalue weighted by Gasteiger charge is -2.14. The highest BCUT2D eigenvalue weighted by Crippen LogP contribution is 2.22. The summed E-state index contributed by atoms with van der Waals surface area (Å²) in [6.45, 7) is 5.62. The van der Waals surface area contributed by atoms with Crippen LogP contribution >= 0.6 is 0 Å². The summed E-state index contributed by atoms with van der Waals surface area (Å²) in [7, 11) is 0. The van der Waals surface area contributed by atoms with Crippen LogP contribution in [0.3, 0.4) is 0 Å². The first-order valence-corrected chi connectivity index (χ1v) is 8.87. The first-order valence-electron chi connectivity index (χ1n) is 8.87. The third-order valence-corrected chi connectivity index (χ3v) is 4.64. The molecule has 0 unspecified atom stereocenters. The second kappa shape index (κ2) is 6.71. The molecule has 0 aliphatic carbocycles. The Morgan fingerprint density at radius 1 is 1.08 bits per heavy atom. The number of nitrogens with zero attached hydrogens (tertiary/aromatic N) is 5. The van der Waals surface area contributed by atoms with Crippen molar-refractivity contribution in [2.24, 2.45) is 0 Å². The molecule has 6 heteroatoms. The third kappa shape index (κ3) is 3.10. The van der Waals surface area contributed by atoms with Gasteiger partial charge in [0.25, 0.3) is 5.91 Å². The van der Waals surface area contributed by atoms with Gasteiger partial charge in [0.05, 0.1) is 29.5 Å². The molecule has 3 aromatic rings. The van der Waals surface area contributed by atoms with Gasteiger partial charge in [0.2, 0.25) is 0 Å². The van der Waals surface area contributed by atoms with E-state index >= 15 is 0 Å². The summed E-state index contributed by atoms with van der Waals surface area (Å²) in [5.74, 6) is -0.0356. The fraction of sp³-hybridized carbons (Fsp3) is 0.300. The van der Waals surface area contributed by atoms with Gasteiger partial charge in [-0.15, -0.1) is 0 Å². The average Bonchev–Trinajstić information content (AvgIpc) is 3.31. The Bertz CT molecular complexity index is 956. The van der Waals surface area contributed by atoms with Crippen LogP contribution in [-0.4, -0.2) is 43.6 Å². The van der Waals surface area contributed by atoms with Crippen LogP contribution in [0.15, 0.2) is 42.7 Å². The molecule has 1 fully saturated rings. The van der Waals surface area contributed by atoms with Gasteiger partial charge in [-0.25, -0.2) is 9.67 Å². The standard InChI is InChI=1S/C20H21N5O/c1-14-10-15(2)25(23-14)17-7-5-6-16(11-17)18-12-21-13-19(22-18)20(26)24-8-3-4-9-24/h5-7,10-13H,3-4,8-9H2,1-2H3. The first-order chi connectivity index (χ1) is 12.6. The summed E-state index contributed by atoms with van der Waals surface area (Å²) < 4.78 is 1.91. The van der Waals surface area contributed by atoms with E-state index in [4.69, 9.17) is 0 Å². The fourth-order valence-corrected chi connectivity index (χ4v) is 3.38. The van der Waals surface area contributed by atoms with Crippen molar-refractivity contribution in [1.29, 1.82) is 0 Å². The van der Waals surface area contributed by atoms with Crippen molar-refractivity contribution in [3.8, 4) is 16.9 Å². The summed E-state index contributed by atoms with van der Waals surface area (Å²) >= 11 is 0. The van der Waals surface area contributed by atoms with E-state index in [2.05, 4.69) is 15.1 Å². The molecule has 1 aliphatic rings. The van der Waals surface area contributed by atoms with Crippen molar-refractivity contribution in [2.45, 2.75) is 26.7 Å². The number of rotatable bonds is 3. The molecule has 2 aromatic heterocycles. The number of hydrogen-bond acceptors (Lipinski definition) is 4. The zero-order chi connectivity index (χ0) is 18.1. The van der Waals surface area contributed by atoms with E-state index in [1.165, 1.54) is 0 Å². The number of amides is 1. The molecule has 1 saturated heterocycles. The second-order valence-corrected chi connectivity index (χ2v) is 6.68. The van der Waals surface area contributed by atoms with E-state index in [1.54, 1.807) is 12.4 Å². The molecule has 26 heavy (non-hydrogen) atoms. The van der Waals surface area contributed by atoms with Gasteiger partial charge in [0.15, 0.2) is 0 Å². The number of benzene rings is 1. The van der Waals surface area contributed by atoms with Crippen LogP contribution in [0.2, 0.25) is 0 Å². The third-order valence-electron chi connectivity index (χ3n) is 4.64. The van der Waals surface area contributed by atoms with Gasteiger partial charge in [0.1, 0.15) is 5.69 Å². The lowest BCUT2D eigenvalue weighted by Crippen LogP contribution is -2.28. The Hall–Kier alpha value is -3.02. The van der Waals surface area contributed by atoms with Crippen LogP contribution in [0, 0.1) is 13.8 Å². The van der Waals surface area contributed by atoms with Crippen molar-refractivity contribution < 1.29 is 4.79 Å². The molecular weight excluding hydrogens is 326 g/mol. The van der Waals surface area contributed by atoms with Gasteiger partial charge < -0.3 is 4.90 Å². The Labute approximate surface area is 152 Å².